The van der Waals surface area contributed by atoms with E-state index in [0.717, 1.165) is 12.8 Å². The molecule has 1 aliphatic rings. The molecule has 11 heavy (non-hydrogen) atoms. The average molecular weight is 215 g/mol. The van der Waals surface area contributed by atoms with E-state index in [-0.39, 0.29) is 19.8 Å². The molecule has 1 N–H and O–H groups in total. The summed E-state index contributed by atoms with van der Waals surface area (Å²) in [6, 6.07) is 0. The van der Waals surface area contributed by atoms with Gasteiger partial charge in [0.1, 0.15) is 0 Å². The van der Waals surface area contributed by atoms with Crippen molar-refractivity contribution in [1.82, 2.24) is 0 Å². The Hall–Kier alpha value is 0.106. The van der Waals surface area contributed by atoms with E-state index in [1.165, 1.54) is 19.3 Å². The van der Waals surface area contributed by atoms with Gasteiger partial charge in [-0.1, -0.05) is 19.3 Å². The third kappa shape index (κ3) is 4.53. The van der Waals surface area contributed by atoms with Crippen LogP contribution in [0.2, 0.25) is 0 Å². The number of carbonyl (C=O) groups is 1. The first-order valence-electron chi connectivity index (χ1n) is 4.01. The Balaban J connectivity index is 0.000001000. The van der Waals surface area contributed by atoms with Crippen LogP contribution < -0.4 is 0 Å². The second kappa shape index (κ2) is 5.72. The molecule has 0 saturated heterocycles. The van der Waals surface area contributed by atoms with Crippen LogP contribution in [0.15, 0.2) is 0 Å². The molecule has 64 valence electrons. The zero-order valence-electron chi connectivity index (χ0n) is 6.18. The summed E-state index contributed by atoms with van der Waals surface area (Å²) >= 11 is 0. The quantitative estimate of drug-likeness (QED) is 0.693. The molecule has 0 aromatic heterocycles. The first kappa shape index (κ1) is 11.1. The maximum atomic E-state index is 10.3. The SMILES string of the molecule is O=C(O)CC1CCCCC1.[GaH3]. The summed E-state index contributed by atoms with van der Waals surface area (Å²) in [6.45, 7) is 0. The van der Waals surface area contributed by atoms with Crippen LogP contribution in [0.4, 0.5) is 0 Å². The van der Waals surface area contributed by atoms with Gasteiger partial charge in [0, 0.05) is 6.42 Å². The van der Waals surface area contributed by atoms with Crippen molar-refractivity contribution >= 4 is 25.8 Å². The molecule has 0 atom stereocenters. The molecule has 3 heteroatoms. The van der Waals surface area contributed by atoms with Gasteiger partial charge in [0.05, 0.1) is 0 Å². The maximum absolute atomic E-state index is 10.3. The van der Waals surface area contributed by atoms with Crippen molar-refractivity contribution in [1.29, 1.82) is 0 Å². The van der Waals surface area contributed by atoms with Crippen LogP contribution in [0.5, 0.6) is 0 Å². The van der Waals surface area contributed by atoms with E-state index in [2.05, 4.69) is 0 Å². The fourth-order valence-electron chi connectivity index (χ4n) is 1.64. The number of rotatable bonds is 2. The summed E-state index contributed by atoms with van der Waals surface area (Å²) in [6.07, 6.45) is 6.42. The molecular weight excluding hydrogens is 198 g/mol. The Morgan fingerprint density at radius 2 is 1.82 bits per heavy atom. The first-order valence-corrected chi connectivity index (χ1v) is 4.01. The van der Waals surface area contributed by atoms with Crippen molar-refractivity contribution in [2.75, 3.05) is 0 Å². The third-order valence-electron chi connectivity index (χ3n) is 2.19. The fourth-order valence-corrected chi connectivity index (χ4v) is 1.64. The standard InChI is InChI=1S/C8H14O2.Ga.3H/c9-8(10)6-7-4-2-1-3-5-7;;;;/h7H,1-6H2,(H,9,10);;;;. The van der Waals surface area contributed by atoms with Crippen molar-refractivity contribution in [3.63, 3.8) is 0 Å². The Labute approximate surface area is 80.4 Å². The number of aliphatic carboxylic acids is 1. The monoisotopic (exact) mass is 214 g/mol. The average Bonchev–Trinajstić information content (AvgIpc) is 1.88. The molecule has 0 aromatic carbocycles. The predicted octanol–water partition coefficient (Wildman–Crippen LogP) is 0.857. The number of hydrogen-bond donors (Lipinski definition) is 1. The summed E-state index contributed by atoms with van der Waals surface area (Å²) < 4.78 is 0. The van der Waals surface area contributed by atoms with Gasteiger partial charge in [-0.15, -0.1) is 0 Å². The van der Waals surface area contributed by atoms with Crippen LogP contribution in [-0.2, 0) is 4.79 Å². The van der Waals surface area contributed by atoms with Gasteiger partial charge < -0.3 is 5.11 Å². The molecule has 2 nitrogen and oxygen atoms in total. The molecule has 0 radical (unpaired) electrons. The van der Waals surface area contributed by atoms with Crippen molar-refractivity contribution < 1.29 is 9.90 Å². The van der Waals surface area contributed by atoms with E-state index < -0.39 is 5.97 Å². The molecule has 0 aromatic rings. The molecule has 0 heterocycles. The van der Waals surface area contributed by atoms with Gasteiger partial charge in [0.25, 0.3) is 0 Å². The zero-order valence-corrected chi connectivity index (χ0v) is 6.18. The van der Waals surface area contributed by atoms with Crippen molar-refractivity contribution in [2.45, 2.75) is 38.5 Å². The van der Waals surface area contributed by atoms with Crippen molar-refractivity contribution in [3.05, 3.63) is 0 Å². The van der Waals surface area contributed by atoms with Gasteiger partial charge in [-0.3, -0.25) is 4.79 Å². The minimum absolute atomic E-state index is 0. The molecule has 0 aliphatic heterocycles. The molecular formula is C8H17GaO2. The van der Waals surface area contributed by atoms with Crippen LogP contribution in [0.1, 0.15) is 38.5 Å². The Morgan fingerprint density at radius 3 is 2.27 bits per heavy atom. The molecule has 0 bridgehead atoms. The van der Waals surface area contributed by atoms with E-state index in [0.29, 0.717) is 12.3 Å². The van der Waals surface area contributed by atoms with E-state index in [9.17, 15) is 4.79 Å². The van der Waals surface area contributed by atoms with Crippen LogP contribution >= 0.6 is 0 Å². The van der Waals surface area contributed by atoms with Crippen LogP contribution in [0, 0.1) is 5.92 Å². The minimum atomic E-state index is -0.632. The van der Waals surface area contributed by atoms with Gasteiger partial charge in [0.2, 0.25) is 0 Å². The van der Waals surface area contributed by atoms with Gasteiger partial charge >= 0.3 is 25.8 Å². The Morgan fingerprint density at radius 1 is 1.27 bits per heavy atom. The zero-order chi connectivity index (χ0) is 7.40. The summed E-state index contributed by atoms with van der Waals surface area (Å²) in [5, 5.41) is 8.47. The van der Waals surface area contributed by atoms with Crippen LogP contribution in [0.3, 0.4) is 0 Å². The predicted molar refractivity (Wildman–Crippen MR) is 48.8 cm³/mol. The Bertz CT molecular complexity index is 119. The summed E-state index contributed by atoms with van der Waals surface area (Å²) in [4.78, 5) is 10.3. The first-order chi connectivity index (χ1) is 4.79. The molecule has 0 amide bonds. The molecule has 0 spiro atoms. The van der Waals surface area contributed by atoms with Crippen LogP contribution in [-0.4, -0.2) is 30.9 Å². The van der Waals surface area contributed by atoms with Crippen LogP contribution in [0.25, 0.3) is 0 Å². The van der Waals surface area contributed by atoms with E-state index in [1.54, 1.807) is 0 Å². The fraction of sp³-hybridized carbons (Fsp3) is 0.875. The molecule has 1 aliphatic carbocycles. The van der Waals surface area contributed by atoms with Gasteiger partial charge in [-0.05, 0) is 18.8 Å². The second-order valence-corrected chi connectivity index (χ2v) is 3.10. The third-order valence-corrected chi connectivity index (χ3v) is 2.19. The van der Waals surface area contributed by atoms with E-state index in [4.69, 9.17) is 5.11 Å². The topological polar surface area (TPSA) is 37.3 Å². The number of carboxylic acid groups (broad SMARTS) is 1. The number of carboxylic acids is 1. The van der Waals surface area contributed by atoms with E-state index in [1.807, 2.05) is 0 Å². The number of hydrogen-bond acceptors (Lipinski definition) is 1. The molecule has 1 saturated carbocycles. The molecule has 1 rings (SSSR count). The summed E-state index contributed by atoms with van der Waals surface area (Å²) in [5.74, 6) is -0.154. The van der Waals surface area contributed by atoms with E-state index >= 15 is 0 Å². The van der Waals surface area contributed by atoms with Crippen molar-refractivity contribution in [2.24, 2.45) is 5.92 Å². The Kier molecular flexibility index (Phi) is 5.77. The summed E-state index contributed by atoms with van der Waals surface area (Å²) in [7, 11) is 0. The molecule has 1 fully saturated rings. The van der Waals surface area contributed by atoms with Gasteiger partial charge in [0.15, 0.2) is 0 Å². The second-order valence-electron chi connectivity index (χ2n) is 3.10. The van der Waals surface area contributed by atoms with Gasteiger partial charge in [-0.2, -0.15) is 0 Å². The molecule has 0 unspecified atom stereocenters. The van der Waals surface area contributed by atoms with Gasteiger partial charge in [-0.25, -0.2) is 0 Å². The summed E-state index contributed by atoms with van der Waals surface area (Å²) in [5.41, 5.74) is 0. The van der Waals surface area contributed by atoms with Crippen molar-refractivity contribution in [3.8, 4) is 0 Å². The normalized spacial score (nSPS) is 18.9.